The number of imidazole rings is 1. The number of anilines is 1. The molecule has 0 amide bonds. The number of hydrogen-bond acceptors (Lipinski definition) is 2. The lowest BCUT2D eigenvalue weighted by atomic mass is 10.1. The second kappa shape index (κ2) is 5.56. The van der Waals surface area contributed by atoms with Crippen LogP contribution in [0.25, 0.3) is 0 Å². The van der Waals surface area contributed by atoms with Crippen molar-refractivity contribution in [2.45, 2.75) is 58.9 Å². The molecule has 0 unspecified atom stereocenters. The molecule has 1 aromatic rings. The molecule has 1 aliphatic carbocycles. The van der Waals surface area contributed by atoms with E-state index in [-0.39, 0.29) is 0 Å². The van der Waals surface area contributed by atoms with E-state index in [1.807, 2.05) is 0 Å². The van der Waals surface area contributed by atoms with Crippen LogP contribution in [0.1, 0.15) is 57.7 Å². The summed E-state index contributed by atoms with van der Waals surface area (Å²) >= 11 is 0. The second-order valence-corrected chi connectivity index (χ2v) is 5.66. The Morgan fingerprint density at radius 3 is 2.76 bits per heavy atom. The highest BCUT2D eigenvalue weighted by Crippen LogP contribution is 2.32. The van der Waals surface area contributed by atoms with Crippen molar-refractivity contribution in [1.82, 2.24) is 9.55 Å². The summed E-state index contributed by atoms with van der Waals surface area (Å²) in [6, 6.07) is 0.678. The molecular formula is C14H25N3. The summed E-state index contributed by atoms with van der Waals surface area (Å²) in [5.41, 5.74) is 1.13. The van der Waals surface area contributed by atoms with E-state index in [0.29, 0.717) is 6.04 Å². The molecule has 96 valence electrons. The second-order valence-electron chi connectivity index (χ2n) is 5.66. The number of aryl methyl sites for hydroxylation is 1. The minimum absolute atomic E-state index is 0.678. The summed E-state index contributed by atoms with van der Waals surface area (Å²) in [4.78, 5) is 4.60. The van der Waals surface area contributed by atoms with Gasteiger partial charge in [0.05, 0.1) is 5.69 Å². The monoisotopic (exact) mass is 235 g/mol. The van der Waals surface area contributed by atoms with Gasteiger partial charge in [-0.1, -0.05) is 26.7 Å². The molecule has 1 aliphatic rings. The first-order valence-electron chi connectivity index (χ1n) is 6.96. The topological polar surface area (TPSA) is 29.9 Å². The largest absolute Gasteiger partial charge is 0.356 e. The molecule has 1 heterocycles. The lowest BCUT2D eigenvalue weighted by Gasteiger charge is -2.16. The molecular weight excluding hydrogens is 210 g/mol. The SMILES string of the molecule is Cc1cn(C2CCCC2)c(NCCC(C)C)n1. The third-order valence-corrected chi connectivity index (χ3v) is 3.58. The molecule has 3 heteroatoms. The van der Waals surface area contributed by atoms with E-state index in [9.17, 15) is 0 Å². The Hall–Kier alpha value is -0.990. The average molecular weight is 235 g/mol. The Labute approximate surface area is 105 Å². The summed E-state index contributed by atoms with van der Waals surface area (Å²) in [5.74, 6) is 1.83. The van der Waals surface area contributed by atoms with Gasteiger partial charge in [-0.25, -0.2) is 4.98 Å². The Kier molecular flexibility index (Phi) is 4.08. The number of rotatable bonds is 5. The maximum atomic E-state index is 4.60. The van der Waals surface area contributed by atoms with E-state index in [2.05, 4.69) is 41.8 Å². The van der Waals surface area contributed by atoms with E-state index in [1.54, 1.807) is 0 Å². The van der Waals surface area contributed by atoms with Crippen LogP contribution in [0, 0.1) is 12.8 Å². The van der Waals surface area contributed by atoms with Crippen molar-refractivity contribution in [3.8, 4) is 0 Å². The Morgan fingerprint density at radius 2 is 2.12 bits per heavy atom. The van der Waals surface area contributed by atoms with Crippen LogP contribution in [-0.4, -0.2) is 16.1 Å². The normalized spacial score (nSPS) is 16.9. The molecule has 0 saturated heterocycles. The van der Waals surface area contributed by atoms with Gasteiger partial charge < -0.3 is 9.88 Å². The first-order chi connectivity index (χ1) is 8.16. The molecule has 0 bridgehead atoms. The quantitative estimate of drug-likeness (QED) is 0.842. The summed E-state index contributed by atoms with van der Waals surface area (Å²) in [5, 5.41) is 3.49. The zero-order valence-electron chi connectivity index (χ0n) is 11.4. The van der Waals surface area contributed by atoms with E-state index in [1.165, 1.54) is 32.1 Å². The van der Waals surface area contributed by atoms with Gasteiger partial charge in [-0.15, -0.1) is 0 Å². The van der Waals surface area contributed by atoms with Crippen molar-refractivity contribution in [2.75, 3.05) is 11.9 Å². The third kappa shape index (κ3) is 3.24. The van der Waals surface area contributed by atoms with Gasteiger partial charge in [0, 0.05) is 18.8 Å². The van der Waals surface area contributed by atoms with Crippen LogP contribution in [0.3, 0.4) is 0 Å². The van der Waals surface area contributed by atoms with Crippen LogP contribution in [0.2, 0.25) is 0 Å². The molecule has 3 nitrogen and oxygen atoms in total. The highest BCUT2D eigenvalue weighted by molar-refractivity contribution is 5.29. The van der Waals surface area contributed by atoms with Crippen molar-refractivity contribution >= 4 is 5.95 Å². The minimum atomic E-state index is 0.678. The highest BCUT2D eigenvalue weighted by Gasteiger charge is 2.19. The van der Waals surface area contributed by atoms with E-state index < -0.39 is 0 Å². The van der Waals surface area contributed by atoms with Gasteiger partial charge in [0.15, 0.2) is 0 Å². The average Bonchev–Trinajstić information content (AvgIpc) is 2.86. The molecule has 2 rings (SSSR count). The van der Waals surface area contributed by atoms with Crippen LogP contribution in [0.4, 0.5) is 5.95 Å². The zero-order chi connectivity index (χ0) is 12.3. The maximum Gasteiger partial charge on any atom is 0.203 e. The Balaban J connectivity index is 1.99. The molecule has 0 aromatic carbocycles. The summed E-state index contributed by atoms with van der Waals surface area (Å²) < 4.78 is 2.36. The van der Waals surface area contributed by atoms with Crippen LogP contribution in [-0.2, 0) is 0 Å². The fourth-order valence-corrected chi connectivity index (χ4v) is 2.58. The number of aromatic nitrogens is 2. The molecule has 1 aromatic heterocycles. The van der Waals surface area contributed by atoms with Gasteiger partial charge in [-0.05, 0) is 32.1 Å². The first-order valence-corrected chi connectivity index (χ1v) is 6.96. The van der Waals surface area contributed by atoms with Crippen LogP contribution in [0.15, 0.2) is 6.20 Å². The number of nitrogens with one attached hydrogen (secondary N) is 1. The van der Waals surface area contributed by atoms with E-state index in [4.69, 9.17) is 0 Å². The van der Waals surface area contributed by atoms with Crippen molar-refractivity contribution in [3.63, 3.8) is 0 Å². The van der Waals surface area contributed by atoms with Crippen LogP contribution < -0.4 is 5.32 Å². The molecule has 0 spiro atoms. The summed E-state index contributed by atoms with van der Waals surface area (Å²) in [7, 11) is 0. The molecule has 1 saturated carbocycles. The van der Waals surface area contributed by atoms with E-state index in [0.717, 1.165) is 24.1 Å². The van der Waals surface area contributed by atoms with Gasteiger partial charge >= 0.3 is 0 Å². The van der Waals surface area contributed by atoms with Gasteiger partial charge in [0.25, 0.3) is 0 Å². The van der Waals surface area contributed by atoms with Gasteiger partial charge in [0.2, 0.25) is 5.95 Å². The Bertz CT molecular complexity index is 348. The standard InChI is InChI=1S/C14H25N3/c1-11(2)8-9-15-14-16-12(3)10-17(14)13-6-4-5-7-13/h10-11,13H,4-9H2,1-3H3,(H,15,16). The predicted octanol–water partition coefficient (Wildman–Crippen LogP) is 3.76. The third-order valence-electron chi connectivity index (χ3n) is 3.58. The number of hydrogen-bond donors (Lipinski definition) is 1. The molecule has 17 heavy (non-hydrogen) atoms. The van der Waals surface area contributed by atoms with Crippen molar-refractivity contribution in [2.24, 2.45) is 5.92 Å². The fourth-order valence-electron chi connectivity index (χ4n) is 2.58. The van der Waals surface area contributed by atoms with Crippen LogP contribution in [0.5, 0.6) is 0 Å². The Morgan fingerprint density at radius 1 is 1.41 bits per heavy atom. The van der Waals surface area contributed by atoms with Crippen molar-refractivity contribution < 1.29 is 0 Å². The minimum Gasteiger partial charge on any atom is -0.356 e. The first kappa shape index (κ1) is 12.5. The zero-order valence-corrected chi connectivity index (χ0v) is 11.4. The smallest absolute Gasteiger partial charge is 0.203 e. The van der Waals surface area contributed by atoms with E-state index >= 15 is 0 Å². The van der Waals surface area contributed by atoms with Gasteiger partial charge in [-0.2, -0.15) is 0 Å². The maximum absolute atomic E-state index is 4.60. The summed E-state index contributed by atoms with van der Waals surface area (Å²) in [6.07, 6.45) is 8.77. The van der Waals surface area contributed by atoms with Crippen LogP contribution >= 0.6 is 0 Å². The predicted molar refractivity (Wildman–Crippen MR) is 72.4 cm³/mol. The van der Waals surface area contributed by atoms with Gasteiger partial charge in [-0.3, -0.25) is 0 Å². The summed E-state index contributed by atoms with van der Waals surface area (Å²) in [6.45, 7) is 7.63. The lowest BCUT2D eigenvalue weighted by molar-refractivity contribution is 0.520. The highest BCUT2D eigenvalue weighted by atomic mass is 15.2. The fraction of sp³-hybridized carbons (Fsp3) is 0.786. The lowest BCUT2D eigenvalue weighted by Crippen LogP contribution is -2.12. The molecule has 0 atom stereocenters. The van der Waals surface area contributed by atoms with Crippen molar-refractivity contribution in [3.05, 3.63) is 11.9 Å². The van der Waals surface area contributed by atoms with Gasteiger partial charge in [0.1, 0.15) is 0 Å². The van der Waals surface area contributed by atoms with Crippen molar-refractivity contribution in [1.29, 1.82) is 0 Å². The number of nitrogens with zero attached hydrogens (tertiary/aromatic N) is 2. The molecule has 1 fully saturated rings. The molecule has 0 aliphatic heterocycles. The molecule has 0 radical (unpaired) electrons. The molecule has 1 N–H and O–H groups in total.